The molecule has 3 unspecified atom stereocenters. The van der Waals surface area contributed by atoms with Crippen molar-refractivity contribution in [2.24, 2.45) is 11.8 Å². The van der Waals surface area contributed by atoms with Gasteiger partial charge in [-0.25, -0.2) is 0 Å². The Morgan fingerprint density at radius 1 is 1.11 bits per heavy atom. The molecule has 0 aromatic rings. The van der Waals surface area contributed by atoms with Gasteiger partial charge in [-0.15, -0.1) is 0 Å². The van der Waals surface area contributed by atoms with Crippen LogP contribution in [0.15, 0.2) is 0 Å². The second kappa shape index (κ2) is 7.05. The van der Waals surface area contributed by atoms with Crippen molar-refractivity contribution in [2.75, 3.05) is 19.6 Å². The summed E-state index contributed by atoms with van der Waals surface area (Å²) in [5.74, 6) is 1.14. The van der Waals surface area contributed by atoms with Crippen LogP contribution in [0.4, 0.5) is 0 Å². The van der Waals surface area contributed by atoms with Gasteiger partial charge in [-0.2, -0.15) is 0 Å². The molecule has 2 rings (SSSR count). The van der Waals surface area contributed by atoms with Crippen LogP contribution in [0, 0.1) is 11.8 Å². The highest BCUT2D eigenvalue weighted by atomic mass is 16.3. The summed E-state index contributed by atoms with van der Waals surface area (Å²) in [6.45, 7) is 9.91. The average Bonchev–Trinajstić information content (AvgIpc) is 2.80. The lowest BCUT2D eigenvalue weighted by molar-refractivity contribution is 0.0414. The number of nitrogens with one attached hydrogen (secondary N) is 1. The third-order valence-electron chi connectivity index (χ3n) is 4.69. The Kier molecular flexibility index (Phi) is 5.67. The molecule has 2 fully saturated rings. The first kappa shape index (κ1) is 15.3. The van der Waals surface area contributed by atoms with Crippen LogP contribution in [0.5, 0.6) is 0 Å². The van der Waals surface area contributed by atoms with Crippen LogP contribution in [0.3, 0.4) is 0 Å². The Hall–Kier alpha value is -0.120. The predicted molar refractivity (Wildman–Crippen MR) is 80.2 cm³/mol. The topological polar surface area (TPSA) is 35.5 Å². The van der Waals surface area contributed by atoms with Crippen LogP contribution < -0.4 is 5.32 Å². The molecule has 2 N–H and O–H groups in total. The van der Waals surface area contributed by atoms with E-state index in [-0.39, 0.29) is 6.10 Å². The second-order valence-corrected chi connectivity index (χ2v) is 7.19. The van der Waals surface area contributed by atoms with Crippen LogP contribution in [-0.2, 0) is 0 Å². The molecule has 0 bridgehead atoms. The lowest BCUT2D eigenvalue weighted by atomic mass is 9.89. The summed E-state index contributed by atoms with van der Waals surface area (Å²) in [6, 6.07) is 1.31. The third kappa shape index (κ3) is 4.73. The maximum atomic E-state index is 9.95. The molecule has 112 valence electrons. The Morgan fingerprint density at radius 2 is 1.79 bits per heavy atom. The van der Waals surface area contributed by atoms with E-state index in [9.17, 15) is 5.11 Å². The maximum absolute atomic E-state index is 9.95. The summed E-state index contributed by atoms with van der Waals surface area (Å²) in [4.78, 5) is 2.55. The molecule has 0 aromatic heterocycles. The number of aliphatic hydroxyl groups is 1. The van der Waals surface area contributed by atoms with Gasteiger partial charge in [0.2, 0.25) is 0 Å². The van der Waals surface area contributed by atoms with Crippen LogP contribution in [-0.4, -0.2) is 47.8 Å². The first-order valence-electron chi connectivity index (χ1n) is 8.21. The fourth-order valence-corrected chi connectivity index (χ4v) is 3.79. The summed E-state index contributed by atoms with van der Waals surface area (Å²) >= 11 is 0. The molecular formula is C16H32N2O. The second-order valence-electron chi connectivity index (χ2n) is 7.19. The molecule has 2 aliphatic rings. The predicted octanol–water partition coefficient (Wildman–Crippen LogP) is 2.25. The van der Waals surface area contributed by atoms with Gasteiger partial charge < -0.3 is 15.3 Å². The van der Waals surface area contributed by atoms with E-state index in [1.807, 2.05) is 6.92 Å². The van der Waals surface area contributed by atoms with Gasteiger partial charge in [-0.3, -0.25) is 0 Å². The van der Waals surface area contributed by atoms with Gasteiger partial charge in [0.25, 0.3) is 0 Å². The standard InChI is InChI=1S/C16H32N2O/c1-12(2)9-18-10-14(13(3)19)8-16(11-18)17-15-6-4-5-7-15/h12-17,19H,4-11H2,1-3H3. The molecule has 19 heavy (non-hydrogen) atoms. The highest BCUT2D eigenvalue weighted by Crippen LogP contribution is 2.24. The van der Waals surface area contributed by atoms with Gasteiger partial charge in [0.05, 0.1) is 6.10 Å². The number of hydrogen-bond donors (Lipinski definition) is 2. The smallest absolute Gasteiger partial charge is 0.0553 e. The molecule has 0 radical (unpaired) electrons. The van der Waals surface area contributed by atoms with E-state index in [1.165, 1.54) is 25.7 Å². The molecule has 3 atom stereocenters. The quantitative estimate of drug-likeness (QED) is 0.803. The zero-order valence-corrected chi connectivity index (χ0v) is 12.9. The molecule has 1 aliphatic heterocycles. The van der Waals surface area contributed by atoms with Crippen LogP contribution >= 0.6 is 0 Å². The van der Waals surface area contributed by atoms with Gasteiger partial charge >= 0.3 is 0 Å². The number of aliphatic hydroxyl groups excluding tert-OH is 1. The van der Waals surface area contributed by atoms with E-state index in [0.29, 0.717) is 17.9 Å². The van der Waals surface area contributed by atoms with Crippen molar-refractivity contribution in [1.82, 2.24) is 10.2 Å². The number of piperidine rings is 1. The van der Waals surface area contributed by atoms with Gasteiger partial charge in [0, 0.05) is 31.7 Å². The number of nitrogens with zero attached hydrogens (tertiary/aromatic N) is 1. The van der Waals surface area contributed by atoms with Gasteiger partial charge in [0.1, 0.15) is 0 Å². The van der Waals surface area contributed by atoms with Crippen molar-refractivity contribution in [3.8, 4) is 0 Å². The molecule has 1 saturated carbocycles. The minimum Gasteiger partial charge on any atom is -0.393 e. The van der Waals surface area contributed by atoms with Crippen LogP contribution in [0.1, 0.15) is 52.9 Å². The van der Waals surface area contributed by atoms with Crippen LogP contribution in [0.2, 0.25) is 0 Å². The monoisotopic (exact) mass is 268 g/mol. The summed E-state index contributed by atoms with van der Waals surface area (Å²) in [6.07, 6.45) is 6.44. The van der Waals surface area contributed by atoms with E-state index in [4.69, 9.17) is 0 Å². The highest BCUT2D eigenvalue weighted by Gasteiger charge is 2.31. The van der Waals surface area contributed by atoms with E-state index in [0.717, 1.165) is 32.1 Å². The molecule has 0 spiro atoms. The zero-order chi connectivity index (χ0) is 13.8. The molecular weight excluding hydrogens is 236 g/mol. The largest absolute Gasteiger partial charge is 0.393 e. The van der Waals surface area contributed by atoms with Crippen LogP contribution in [0.25, 0.3) is 0 Å². The van der Waals surface area contributed by atoms with E-state index < -0.39 is 0 Å². The lowest BCUT2D eigenvalue weighted by Crippen LogP contribution is -2.53. The molecule has 1 saturated heterocycles. The normalized spacial score (nSPS) is 32.1. The number of hydrogen-bond acceptors (Lipinski definition) is 3. The summed E-state index contributed by atoms with van der Waals surface area (Å²) < 4.78 is 0. The zero-order valence-electron chi connectivity index (χ0n) is 12.9. The number of rotatable bonds is 5. The van der Waals surface area contributed by atoms with Gasteiger partial charge in [0.15, 0.2) is 0 Å². The van der Waals surface area contributed by atoms with E-state index in [2.05, 4.69) is 24.1 Å². The Bertz CT molecular complexity index is 259. The summed E-state index contributed by atoms with van der Waals surface area (Å²) in [5.41, 5.74) is 0. The number of likely N-dealkylation sites (tertiary alicyclic amines) is 1. The molecule has 0 amide bonds. The van der Waals surface area contributed by atoms with Gasteiger partial charge in [-0.1, -0.05) is 26.7 Å². The fraction of sp³-hybridized carbons (Fsp3) is 1.00. The maximum Gasteiger partial charge on any atom is 0.0553 e. The fourth-order valence-electron chi connectivity index (χ4n) is 3.79. The first-order valence-corrected chi connectivity index (χ1v) is 8.21. The molecule has 1 heterocycles. The third-order valence-corrected chi connectivity index (χ3v) is 4.69. The van der Waals surface area contributed by atoms with Crippen molar-refractivity contribution >= 4 is 0 Å². The van der Waals surface area contributed by atoms with E-state index >= 15 is 0 Å². The molecule has 0 aromatic carbocycles. The Labute approximate surface area is 118 Å². The molecule has 3 nitrogen and oxygen atoms in total. The summed E-state index contributed by atoms with van der Waals surface area (Å²) in [5, 5.41) is 13.8. The van der Waals surface area contributed by atoms with Crippen molar-refractivity contribution in [1.29, 1.82) is 0 Å². The highest BCUT2D eigenvalue weighted by molar-refractivity contribution is 4.88. The van der Waals surface area contributed by atoms with E-state index in [1.54, 1.807) is 0 Å². The Morgan fingerprint density at radius 3 is 2.37 bits per heavy atom. The first-order chi connectivity index (χ1) is 9.04. The van der Waals surface area contributed by atoms with Crippen molar-refractivity contribution < 1.29 is 5.11 Å². The van der Waals surface area contributed by atoms with Gasteiger partial charge in [-0.05, 0) is 38.0 Å². The Balaban J connectivity index is 1.89. The van der Waals surface area contributed by atoms with Crippen molar-refractivity contribution in [3.63, 3.8) is 0 Å². The average molecular weight is 268 g/mol. The van der Waals surface area contributed by atoms with Crippen molar-refractivity contribution in [2.45, 2.75) is 71.1 Å². The lowest BCUT2D eigenvalue weighted by Gasteiger charge is -2.41. The minimum absolute atomic E-state index is 0.178. The van der Waals surface area contributed by atoms with Crippen molar-refractivity contribution in [3.05, 3.63) is 0 Å². The SMILES string of the molecule is CC(C)CN1CC(NC2CCCC2)CC(C(C)O)C1. The molecule has 1 aliphatic carbocycles. The molecule has 3 heteroatoms. The summed E-state index contributed by atoms with van der Waals surface area (Å²) in [7, 11) is 0. The minimum atomic E-state index is -0.178.